The molecule has 1 heterocycles. The number of rotatable bonds is 8. The number of nitrogens with zero attached hydrogens (tertiary/aromatic N) is 2. The molecule has 0 aliphatic heterocycles. The average Bonchev–Trinajstić information content (AvgIpc) is 2.76. The van der Waals surface area contributed by atoms with Gasteiger partial charge in [-0.05, 0) is 12.8 Å². The molecule has 4 heteroatoms. The lowest BCUT2D eigenvalue weighted by molar-refractivity contribution is 0.629. The SMILES string of the molecule is CCCCCCCc1nnc(C(Br)CC)s1. The van der Waals surface area contributed by atoms with Gasteiger partial charge in [0.15, 0.2) is 0 Å². The second kappa shape index (κ2) is 8.18. The summed E-state index contributed by atoms with van der Waals surface area (Å²) in [7, 11) is 0. The summed E-state index contributed by atoms with van der Waals surface area (Å²) in [4.78, 5) is 0.388. The molecule has 0 aromatic carbocycles. The molecule has 0 radical (unpaired) electrons. The van der Waals surface area contributed by atoms with Crippen LogP contribution in [0.15, 0.2) is 0 Å². The van der Waals surface area contributed by atoms with Crippen molar-refractivity contribution in [2.24, 2.45) is 0 Å². The van der Waals surface area contributed by atoms with Gasteiger partial charge in [0.1, 0.15) is 10.0 Å². The molecule has 2 nitrogen and oxygen atoms in total. The zero-order valence-corrected chi connectivity index (χ0v) is 12.6. The summed E-state index contributed by atoms with van der Waals surface area (Å²) in [6, 6.07) is 0. The fourth-order valence-corrected chi connectivity index (χ4v) is 2.87. The highest BCUT2D eigenvalue weighted by Crippen LogP contribution is 2.28. The molecule has 0 N–H and O–H groups in total. The van der Waals surface area contributed by atoms with Crippen LogP contribution in [0.2, 0.25) is 0 Å². The van der Waals surface area contributed by atoms with Crippen LogP contribution in [-0.2, 0) is 6.42 Å². The Bertz CT molecular complexity index is 288. The van der Waals surface area contributed by atoms with Crippen molar-refractivity contribution in [1.82, 2.24) is 10.2 Å². The Labute approximate surface area is 111 Å². The standard InChI is InChI=1S/C12H21BrN2S/c1-3-5-6-7-8-9-11-14-15-12(16-11)10(13)4-2/h10H,3-9H2,1-2H3. The predicted molar refractivity (Wildman–Crippen MR) is 74.3 cm³/mol. The van der Waals surface area contributed by atoms with Crippen LogP contribution in [0.3, 0.4) is 0 Å². The summed E-state index contributed by atoms with van der Waals surface area (Å²) >= 11 is 5.37. The summed E-state index contributed by atoms with van der Waals surface area (Å²) in [6.07, 6.45) is 8.79. The van der Waals surface area contributed by atoms with Gasteiger partial charge in [-0.25, -0.2) is 0 Å². The summed E-state index contributed by atoms with van der Waals surface area (Å²) in [5.74, 6) is 0. The van der Waals surface area contributed by atoms with E-state index < -0.39 is 0 Å². The Morgan fingerprint density at radius 3 is 2.56 bits per heavy atom. The summed E-state index contributed by atoms with van der Waals surface area (Å²) < 4.78 is 0. The first kappa shape index (κ1) is 14.1. The highest BCUT2D eigenvalue weighted by molar-refractivity contribution is 9.09. The van der Waals surface area contributed by atoms with Crippen molar-refractivity contribution >= 4 is 27.3 Å². The number of halogens is 1. The molecule has 1 rings (SSSR count). The zero-order valence-electron chi connectivity index (χ0n) is 10.2. The van der Waals surface area contributed by atoms with Gasteiger partial charge in [-0.15, -0.1) is 21.5 Å². The first-order chi connectivity index (χ1) is 7.77. The molecule has 92 valence electrons. The minimum Gasteiger partial charge on any atom is -0.144 e. The second-order valence-electron chi connectivity index (χ2n) is 4.07. The predicted octanol–water partition coefficient (Wildman–Crippen LogP) is 4.90. The van der Waals surface area contributed by atoms with Gasteiger partial charge < -0.3 is 0 Å². The van der Waals surface area contributed by atoms with Gasteiger partial charge in [-0.2, -0.15) is 0 Å². The third-order valence-corrected chi connectivity index (χ3v) is 5.08. The summed E-state index contributed by atoms with van der Waals surface area (Å²) in [5, 5.41) is 10.8. The maximum Gasteiger partial charge on any atom is 0.131 e. The minimum absolute atomic E-state index is 0.388. The summed E-state index contributed by atoms with van der Waals surface area (Å²) in [5.41, 5.74) is 0. The fraction of sp³-hybridized carbons (Fsp3) is 0.833. The van der Waals surface area contributed by atoms with Crippen LogP contribution in [0, 0.1) is 0 Å². The molecule has 0 amide bonds. The molecular formula is C12H21BrN2S. The van der Waals surface area contributed by atoms with Crippen LogP contribution in [0.1, 0.15) is 67.2 Å². The first-order valence-electron chi connectivity index (χ1n) is 6.24. The molecular weight excluding hydrogens is 284 g/mol. The van der Waals surface area contributed by atoms with Crippen molar-refractivity contribution in [1.29, 1.82) is 0 Å². The van der Waals surface area contributed by atoms with E-state index in [-0.39, 0.29) is 0 Å². The Kier molecular flexibility index (Phi) is 7.21. The van der Waals surface area contributed by atoms with E-state index in [1.54, 1.807) is 11.3 Å². The lowest BCUT2D eigenvalue weighted by atomic mass is 10.1. The van der Waals surface area contributed by atoms with E-state index in [1.165, 1.54) is 37.1 Å². The van der Waals surface area contributed by atoms with Crippen LogP contribution >= 0.6 is 27.3 Å². The highest BCUT2D eigenvalue weighted by atomic mass is 79.9. The highest BCUT2D eigenvalue weighted by Gasteiger charge is 2.11. The number of hydrogen-bond donors (Lipinski definition) is 0. The molecule has 0 spiro atoms. The van der Waals surface area contributed by atoms with Crippen molar-refractivity contribution in [3.05, 3.63) is 10.0 Å². The van der Waals surface area contributed by atoms with Gasteiger partial charge in [0.25, 0.3) is 0 Å². The Morgan fingerprint density at radius 1 is 1.12 bits per heavy atom. The molecule has 1 aromatic rings. The maximum absolute atomic E-state index is 4.24. The van der Waals surface area contributed by atoms with Crippen molar-refractivity contribution in [2.45, 2.75) is 63.6 Å². The Morgan fingerprint density at radius 2 is 1.88 bits per heavy atom. The third-order valence-electron chi connectivity index (χ3n) is 2.60. The maximum atomic E-state index is 4.24. The molecule has 0 bridgehead atoms. The number of unbranched alkanes of at least 4 members (excludes halogenated alkanes) is 4. The van der Waals surface area contributed by atoms with E-state index in [4.69, 9.17) is 0 Å². The van der Waals surface area contributed by atoms with E-state index >= 15 is 0 Å². The monoisotopic (exact) mass is 304 g/mol. The molecule has 0 saturated heterocycles. The number of hydrogen-bond acceptors (Lipinski definition) is 3. The van der Waals surface area contributed by atoms with Gasteiger partial charge in [0.2, 0.25) is 0 Å². The van der Waals surface area contributed by atoms with Gasteiger partial charge in [0.05, 0.1) is 4.83 Å². The lowest BCUT2D eigenvalue weighted by Gasteiger charge is -1.98. The third kappa shape index (κ3) is 4.91. The van der Waals surface area contributed by atoms with Gasteiger partial charge in [0, 0.05) is 6.42 Å². The molecule has 0 saturated carbocycles. The average molecular weight is 305 g/mol. The van der Waals surface area contributed by atoms with Crippen molar-refractivity contribution in [3.8, 4) is 0 Å². The Hall–Kier alpha value is 0.0400. The first-order valence-corrected chi connectivity index (χ1v) is 7.97. The molecule has 1 aromatic heterocycles. The van der Waals surface area contributed by atoms with E-state index in [2.05, 4.69) is 40.0 Å². The topological polar surface area (TPSA) is 25.8 Å². The lowest BCUT2D eigenvalue weighted by Crippen LogP contribution is -1.86. The number of aryl methyl sites for hydroxylation is 1. The van der Waals surface area contributed by atoms with Crippen LogP contribution in [0.4, 0.5) is 0 Å². The smallest absolute Gasteiger partial charge is 0.131 e. The van der Waals surface area contributed by atoms with Crippen molar-refractivity contribution < 1.29 is 0 Å². The number of alkyl halides is 1. The Balaban J connectivity index is 2.24. The molecule has 0 aliphatic carbocycles. The normalized spacial score (nSPS) is 12.9. The minimum atomic E-state index is 0.388. The number of aromatic nitrogens is 2. The van der Waals surface area contributed by atoms with Crippen LogP contribution in [-0.4, -0.2) is 10.2 Å². The second-order valence-corrected chi connectivity index (χ2v) is 6.27. The molecule has 0 aliphatic rings. The molecule has 1 atom stereocenters. The summed E-state index contributed by atoms with van der Waals surface area (Å²) in [6.45, 7) is 4.41. The van der Waals surface area contributed by atoms with Gasteiger partial charge in [-0.3, -0.25) is 0 Å². The van der Waals surface area contributed by atoms with Crippen LogP contribution < -0.4 is 0 Å². The van der Waals surface area contributed by atoms with E-state index in [0.717, 1.165) is 17.8 Å². The van der Waals surface area contributed by atoms with E-state index in [9.17, 15) is 0 Å². The largest absolute Gasteiger partial charge is 0.144 e. The van der Waals surface area contributed by atoms with E-state index in [1.807, 2.05) is 0 Å². The van der Waals surface area contributed by atoms with Crippen LogP contribution in [0.25, 0.3) is 0 Å². The van der Waals surface area contributed by atoms with Gasteiger partial charge >= 0.3 is 0 Å². The fourth-order valence-electron chi connectivity index (χ4n) is 1.55. The van der Waals surface area contributed by atoms with Gasteiger partial charge in [-0.1, -0.05) is 55.5 Å². The molecule has 1 unspecified atom stereocenters. The van der Waals surface area contributed by atoms with Crippen molar-refractivity contribution in [2.75, 3.05) is 0 Å². The molecule has 16 heavy (non-hydrogen) atoms. The van der Waals surface area contributed by atoms with Crippen LogP contribution in [0.5, 0.6) is 0 Å². The quantitative estimate of drug-likeness (QED) is 0.504. The molecule has 0 fully saturated rings. The van der Waals surface area contributed by atoms with Crippen molar-refractivity contribution in [3.63, 3.8) is 0 Å². The zero-order chi connectivity index (χ0) is 11.8. The van der Waals surface area contributed by atoms with E-state index in [0.29, 0.717) is 4.83 Å².